The Bertz CT molecular complexity index is 1550. The largest absolute Gasteiger partial charge is 0.396 e. The first-order chi connectivity index (χ1) is 18.6. The van der Waals surface area contributed by atoms with E-state index in [-0.39, 0.29) is 30.5 Å². The van der Waals surface area contributed by atoms with E-state index in [0.29, 0.717) is 30.8 Å². The molecule has 5 rings (SSSR count). The maximum Gasteiger partial charge on any atom is 0.273 e. The molecular weight excluding hydrogens is 478 g/mol. The summed E-state index contributed by atoms with van der Waals surface area (Å²) in [6, 6.07) is 23.1. The van der Waals surface area contributed by atoms with E-state index in [1.54, 1.807) is 18.6 Å². The zero-order chi connectivity index (χ0) is 26.3. The Kier molecular flexibility index (Phi) is 7.70. The van der Waals surface area contributed by atoms with Gasteiger partial charge in [0.2, 0.25) is 5.91 Å². The number of rotatable bonds is 10. The van der Waals surface area contributed by atoms with Gasteiger partial charge in [0, 0.05) is 42.0 Å². The number of carbonyl (C=O) groups is 1. The lowest BCUT2D eigenvalue weighted by atomic mass is 9.95. The van der Waals surface area contributed by atoms with Crippen LogP contribution in [0.3, 0.4) is 0 Å². The van der Waals surface area contributed by atoms with Gasteiger partial charge < -0.3 is 15.4 Å². The fourth-order valence-electron chi connectivity index (χ4n) is 4.61. The standard InChI is InChI=1S/C30H29N5O3/c36-20-22(13-21-7-3-1-4-8-21)14-27-30(38)35(28(18-32-27)23-9-5-2-6-10-23)19-29(37)33-17-25-15-24-16-31-12-11-26(24)34-25/h1-12,15-16,18,22,34,36H,13-14,17,19-20H2,(H,33,37). The third-order valence-electron chi connectivity index (χ3n) is 6.56. The van der Waals surface area contributed by atoms with Crippen LogP contribution in [-0.4, -0.2) is 37.1 Å². The molecule has 5 aromatic rings. The molecule has 2 aromatic carbocycles. The van der Waals surface area contributed by atoms with E-state index in [1.165, 1.54) is 4.57 Å². The lowest BCUT2D eigenvalue weighted by molar-refractivity contribution is -0.121. The molecule has 3 N–H and O–H groups in total. The Morgan fingerprint density at radius 1 is 1.00 bits per heavy atom. The third-order valence-corrected chi connectivity index (χ3v) is 6.56. The number of aliphatic hydroxyl groups is 1. The van der Waals surface area contributed by atoms with E-state index < -0.39 is 0 Å². The van der Waals surface area contributed by atoms with Crippen molar-refractivity contribution in [1.29, 1.82) is 0 Å². The summed E-state index contributed by atoms with van der Waals surface area (Å²) in [6.45, 7) is 0.0737. The number of nitrogens with zero attached hydrogens (tertiary/aromatic N) is 3. The van der Waals surface area contributed by atoms with Gasteiger partial charge in [0.05, 0.1) is 18.4 Å². The number of aromatic nitrogens is 4. The van der Waals surface area contributed by atoms with Crippen molar-refractivity contribution in [2.24, 2.45) is 5.92 Å². The topological polar surface area (TPSA) is 113 Å². The fourth-order valence-corrected chi connectivity index (χ4v) is 4.61. The first-order valence-corrected chi connectivity index (χ1v) is 12.6. The molecule has 0 fully saturated rings. The predicted octanol–water partition coefficient (Wildman–Crippen LogP) is 3.50. The molecule has 3 aromatic heterocycles. The van der Waals surface area contributed by atoms with Gasteiger partial charge in [0.1, 0.15) is 12.2 Å². The van der Waals surface area contributed by atoms with Crippen molar-refractivity contribution >= 4 is 16.8 Å². The van der Waals surface area contributed by atoms with Gasteiger partial charge in [-0.25, -0.2) is 0 Å². The highest BCUT2D eigenvalue weighted by molar-refractivity contribution is 5.80. The molecule has 0 aliphatic heterocycles. The molecule has 1 atom stereocenters. The van der Waals surface area contributed by atoms with Crippen molar-refractivity contribution in [2.45, 2.75) is 25.9 Å². The van der Waals surface area contributed by atoms with Gasteiger partial charge in [-0.05, 0) is 35.6 Å². The van der Waals surface area contributed by atoms with Crippen molar-refractivity contribution in [2.75, 3.05) is 6.61 Å². The number of aliphatic hydroxyl groups excluding tert-OH is 1. The molecular formula is C30H29N5O3. The number of hydrogen-bond donors (Lipinski definition) is 3. The second-order valence-corrected chi connectivity index (χ2v) is 9.32. The summed E-state index contributed by atoms with van der Waals surface area (Å²) in [7, 11) is 0. The average molecular weight is 508 g/mol. The number of benzene rings is 2. The Labute approximate surface area is 220 Å². The summed E-state index contributed by atoms with van der Waals surface area (Å²) in [5, 5.41) is 13.9. The molecule has 3 heterocycles. The monoisotopic (exact) mass is 507 g/mol. The number of aromatic amines is 1. The summed E-state index contributed by atoms with van der Waals surface area (Å²) in [6.07, 6.45) is 6.05. The van der Waals surface area contributed by atoms with Crippen molar-refractivity contribution in [3.63, 3.8) is 0 Å². The normalized spacial score (nSPS) is 11.9. The maximum absolute atomic E-state index is 13.6. The van der Waals surface area contributed by atoms with Gasteiger partial charge in [-0.15, -0.1) is 0 Å². The Morgan fingerprint density at radius 3 is 2.50 bits per heavy atom. The molecule has 8 heteroatoms. The highest BCUT2D eigenvalue weighted by Gasteiger charge is 2.18. The fraction of sp³-hybridized carbons (Fsp3) is 0.200. The van der Waals surface area contributed by atoms with Crippen LogP contribution in [0.15, 0.2) is 96.2 Å². The minimum Gasteiger partial charge on any atom is -0.396 e. The van der Waals surface area contributed by atoms with Crippen molar-refractivity contribution < 1.29 is 9.90 Å². The smallest absolute Gasteiger partial charge is 0.273 e. The predicted molar refractivity (Wildman–Crippen MR) is 146 cm³/mol. The zero-order valence-corrected chi connectivity index (χ0v) is 20.9. The first-order valence-electron chi connectivity index (χ1n) is 12.6. The number of fused-ring (bicyclic) bond motifs is 1. The van der Waals surface area contributed by atoms with Crippen molar-refractivity contribution in [3.8, 4) is 11.3 Å². The highest BCUT2D eigenvalue weighted by Crippen LogP contribution is 2.19. The van der Waals surface area contributed by atoms with Gasteiger partial charge in [-0.2, -0.15) is 0 Å². The number of pyridine rings is 1. The third kappa shape index (κ3) is 5.87. The minimum absolute atomic E-state index is 0.0725. The lowest BCUT2D eigenvalue weighted by Gasteiger charge is -2.17. The van der Waals surface area contributed by atoms with E-state index in [9.17, 15) is 14.7 Å². The van der Waals surface area contributed by atoms with E-state index >= 15 is 0 Å². The van der Waals surface area contributed by atoms with Crippen molar-refractivity contribution in [1.82, 2.24) is 24.8 Å². The number of amides is 1. The molecule has 0 spiro atoms. The summed E-state index contributed by atoms with van der Waals surface area (Å²) in [5.41, 5.74) is 4.23. The molecule has 1 unspecified atom stereocenters. The molecule has 192 valence electrons. The first kappa shape index (κ1) is 25.1. The van der Waals surface area contributed by atoms with Crippen LogP contribution in [0.1, 0.15) is 17.0 Å². The van der Waals surface area contributed by atoms with Gasteiger partial charge in [0.25, 0.3) is 5.56 Å². The average Bonchev–Trinajstić information content (AvgIpc) is 3.38. The SMILES string of the molecule is O=C(Cn1c(-c2ccccc2)cnc(CC(CO)Cc2ccccc2)c1=O)NCc1cc2cnccc2[nH]1. The Balaban J connectivity index is 1.37. The summed E-state index contributed by atoms with van der Waals surface area (Å²) in [5.74, 6) is -0.458. The number of hydrogen-bond acceptors (Lipinski definition) is 5. The van der Waals surface area contributed by atoms with E-state index in [4.69, 9.17) is 0 Å². The van der Waals surface area contributed by atoms with Crippen LogP contribution in [0.4, 0.5) is 0 Å². The van der Waals surface area contributed by atoms with Crippen LogP contribution < -0.4 is 10.9 Å². The number of H-pyrrole nitrogens is 1. The molecule has 1 amide bonds. The van der Waals surface area contributed by atoms with Crippen LogP contribution >= 0.6 is 0 Å². The second kappa shape index (κ2) is 11.7. The Hall–Kier alpha value is -4.56. The minimum atomic E-state index is -0.329. The maximum atomic E-state index is 13.6. The van der Waals surface area contributed by atoms with Crippen molar-refractivity contribution in [3.05, 3.63) is 119 Å². The lowest BCUT2D eigenvalue weighted by Crippen LogP contribution is -2.35. The highest BCUT2D eigenvalue weighted by atomic mass is 16.3. The molecule has 38 heavy (non-hydrogen) atoms. The second-order valence-electron chi connectivity index (χ2n) is 9.32. The summed E-state index contributed by atoms with van der Waals surface area (Å²) in [4.78, 5) is 38.5. The van der Waals surface area contributed by atoms with Gasteiger partial charge >= 0.3 is 0 Å². The quantitative estimate of drug-likeness (QED) is 0.268. The van der Waals surface area contributed by atoms with Gasteiger partial charge in [0.15, 0.2) is 0 Å². The van der Waals surface area contributed by atoms with Gasteiger partial charge in [-0.1, -0.05) is 60.7 Å². The molecule has 0 saturated carbocycles. The molecule has 0 radical (unpaired) electrons. The summed E-state index contributed by atoms with van der Waals surface area (Å²) < 4.78 is 1.47. The van der Waals surface area contributed by atoms with Crippen LogP contribution in [0.5, 0.6) is 0 Å². The van der Waals surface area contributed by atoms with E-state index in [0.717, 1.165) is 27.7 Å². The number of carbonyl (C=O) groups excluding carboxylic acids is 1. The molecule has 8 nitrogen and oxygen atoms in total. The number of nitrogens with one attached hydrogen (secondary N) is 2. The van der Waals surface area contributed by atoms with Gasteiger partial charge in [-0.3, -0.25) is 24.1 Å². The zero-order valence-electron chi connectivity index (χ0n) is 20.9. The van der Waals surface area contributed by atoms with Crippen LogP contribution in [-0.2, 0) is 30.7 Å². The van der Waals surface area contributed by atoms with E-state index in [1.807, 2.05) is 72.8 Å². The summed E-state index contributed by atoms with van der Waals surface area (Å²) >= 11 is 0. The molecule has 0 bridgehead atoms. The Morgan fingerprint density at radius 2 is 1.76 bits per heavy atom. The molecule has 0 aliphatic carbocycles. The molecule has 0 saturated heterocycles. The van der Waals surface area contributed by atoms with Crippen LogP contribution in [0, 0.1) is 5.92 Å². The van der Waals surface area contributed by atoms with Crippen LogP contribution in [0.25, 0.3) is 22.2 Å². The van der Waals surface area contributed by atoms with E-state index in [2.05, 4.69) is 20.3 Å². The molecule has 0 aliphatic rings. The van der Waals surface area contributed by atoms with Crippen LogP contribution in [0.2, 0.25) is 0 Å².